The summed E-state index contributed by atoms with van der Waals surface area (Å²) in [6.07, 6.45) is 0. The standard InChI is InChI=1S/C25H21FN4O2S/c1-17(31)21-9-5-6-10-22(21)27-23(32)16-33-25-29-28-24(19-11-13-20(26)14-12-19)30(25)15-18-7-3-2-4-8-18/h2-14H,15-16H2,1H3,(H,27,32). The number of rotatable bonds is 8. The van der Waals surface area contributed by atoms with Gasteiger partial charge in [-0.05, 0) is 48.9 Å². The van der Waals surface area contributed by atoms with Crippen LogP contribution in [-0.4, -0.2) is 32.2 Å². The third-order valence-corrected chi connectivity index (χ3v) is 5.88. The quantitative estimate of drug-likeness (QED) is 0.294. The van der Waals surface area contributed by atoms with E-state index in [0.29, 0.717) is 28.8 Å². The molecular weight excluding hydrogens is 439 g/mol. The van der Waals surface area contributed by atoms with E-state index in [1.54, 1.807) is 36.4 Å². The predicted molar refractivity (Wildman–Crippen MR) is 127 cm³/mol. The van der Waals surface area contributed by atoms with Crippen molar-refractivity contribution >= 4 is 29.1 Å². The van der Waals surface area contributed by atoms with E-state index in [1.165, 1.54) is 30.8 Å². The number of amides is 1. The number of benzene rings is 3. The second-order valence-electron chi connectivity index (χ2n) is 7.32. The molecule has 0 aliphatic heterocycles. The van der Waals surface area contributed by atoms with Crippen molar-refractivity contribution in [2.75, 3.05) is 11.1 Å². The van der Waals surface area contributed by atoms with Crippen LogP contribution < -0.4 is 5.32 Å². The lowest BCUT2D eigenvalue weighted by atomic mass is 10.1. The molecule has 0 bridgehead atoms. The maximum Gasteiger partial charge on any atom is 0.234 e. The van der Waals surface area contributed by atoms with E-state index in [-0.39, 0.29) is 23.3 Å². The van der Waals surface area contributed by atoms with Gasteiger partial charge in [-0.15, -0.1) is 10.2 Å². The van der Waals surface area contributed by atoms with Crippen molar-refractivity contribution in [1.29, 1.82) is 0 Å². The smallest absolute Gasteiger partial charge is 0.234 e. The zero-order chi connectivity index (χ0) is 23.2. The van der Waals surface area contributed by atoms with Crippen LogP contribution in [0.25, 0.3) is 11.4 Å². The van der Waals surface area contributed by atoms with E-state index < -0.39 is 0 Å². The summed E-state index contributed by atoms with van der Waals surface area (Å²) in [6, 6.07) is 22.8. The van der Waals surface area contributed by atoms with Crippen LogP contribution in [0.15, 0.2) is 84.0 Å². The van der Waals surface area contributed by atoms with Crippen LogP contribution in [0.3, 0.4) is 0 Å². The van der Waals surface area contributed by atoms with Crippen molar-refractivity contribution in [3.05, 3.63) is 95.8 Å². The summed E-state index contributed by atoms with van der Waals surface area (Å²) in [7, 11) is 0. The van der Waals surface area contributed by atoms with Crippen LogP contribution in [0.4, 0.5) is 10.1 Å². The Morgan fingerprint density at radius 3 is 2.36 bits per heavy atom. The second-order valence-corrected chi connectivity index (χ2v) is 8.27. The number of thioether (sulfide) groups is 1. The Labute approximate surface area is 194 Å². The molecule has 6 nitrogen and oxygen atoms in total. The monoisotopic (exact) mass is 460 g/mol. The minimum Gasteiger partial charge on any atom is -0.325 e. The highest BCUT2D eigenvalue weighted by molar-refractivity contribution is 7.99. The lowest BCUT2D eigenvalue weighted by molar-refractivity contribution is -0.113. The Hall–Kier alpha value is -3.78. The van der Waals surface area contributed by atoms with Gasteiger partial charge in [0.2, 0.25) is 5.91 Å². The maximum absolute atomic E-state index is 13.4. The first-order valence-corrected chi connectivity index (χ1v) is 11.3. The second kappa shape index (κ2) is 10.2. The molecule has 0 fully saturated rings. The summed E-state index contributed by atoms with van der Waals surface area (Å²) < 4.78 is 15.3. The average molecular weight is 461 g/mol. The highest BCUT2D eigenvalue weighted by Gasteiger charge is 2.17. The Bertz CT molecular complexity index is 1270. The normalized spacial score (nSPS) is 10.7. The molecule has 0 radical (unpaired) electrons. The van der Waals surface area contributed by atoms with Crippen LogP contribution in [0.2, 0.25) is 0 Å². The highest BCUT2D eigenvalue weighted by Crippen LogP contribution is 2.26. The van der Waals surface area contributed by atoms with Gasteiger partial charge < -0.3 is 5.32 Å². The van der Waals surface area contributed by atoms with Crippen LogP contribution in [0.1, 0.15) is 22.8 Å². The number of halogens is 1. The Kier molecular flexibility index (Phi) is 6.95. The number of carbonyl (C=O) groups is 2. The zero-order valence-electron chi connectivity index (χ0n) is 17.9. The summed E-state index contributed by atoms with van der Waals surface area (Å²) >= 11 is 1.24. The molecule has 1 amide bonds. The highest BCUT2D eigenvalue weighted by atomic mass is 32.2. The first-order chi connectivity index (χ1) is 16.0. The van der Waals surface area contributed by atoms with E-state index in [0.717, 1.165) is 11.1 Å². The number of Topliss-reactive ketones (excluding diaryl/α,β-unsaturated/α-hetero) is 1. The molecule has 1 heterocycles. The molecule has 0 aliphatic carbocycles. The van der Waals surface area contributed by atoms with Gasteiger partial charge in [0.1, 0.15) is 5.82 Å². The van der Waals surface area contributed by atoms with Crippen molar-refractivity contribution < 1.29 is 14.0 Å². The maximum atomic E-state index is 13.4. The van der Waals surface area contributed by atoms with Crippen LogP contribution in [-0.2, 0) is 11.3 Å². The van der Waals surface area contributed by atoms with Gasteiger partial charge in [0.25, 0.3) is 0 Å². The summed E-state index contributed by atoms with van der Waals surface area (Å²) in [5.74, 6) is -0.0344. The Balaban J connectivity index is 1.55. The fraction of sp³-hybridized carbons (Fsp3) is 0.120. The van der Waals surface area contributed by atoms with Gasteiger partial charge in [0.15, 0.2) is 16.8 Å². The molecule has 0 spiro atoms. The van der Waals surface area contributed by atoms with Crippen LogP contribution in [0.5, 0.6) is 0 Å². The number of aromatic nitrogens is 3. The first kappa shape index (κ1) is 22.4. The van der Waals surface area contributed by atoms with Crippen LogP contribution >= 0.6 is 11.8 Å². The fourth-order valence-electron chi connectivity index (χ4n) is 3.33. The van der Waals surface area contributed by atoms with Gasteiger partial charge >= 0.3 is 0 Å². The van der Waals surface area contributed by atoms with E-state index in [2.05, 4.69) is 15.5 Å². The molecule has 0 unspecified atom stereocenters. The van der Waals surface area contributed by atoms with Crippen molar-refractivity contribution in [3.8, 4) is 11.4 Å². The van der Waals surface area contributed by atoms with Crippen molar-refractivity contribution in [2.24, 2.45) is 0 Å². The molecule has 0 atom stereocenters. The summed E-state index contributed by atoms with van der Waals surface area (Å²) in [5, 5.41) is 11.9. The molecule has 0 saturated carbocycles. The van der Waals surface area contributed by atoms with Crippen molar-refractivity contribution in [3.63, 3.8) is 0 Å². The number of hydrogen-bond donors (Lipinski definition) is 1. The van der Waals surface area contributed by atoms with E-state index in [4.69, 9.17) is 0 Å². The summed E-state index contributed by atoms with van der Waals surface area (Å²) in [5.41, 5.74) is 2.71. The van der Waals surface area contributed by atoms with Crippen molar-refractivity contribution in [1.82, 2.24) is 14.8 Å². The molecule has 3 aromatic carbocycles. The molecule has 8 heteroatoms. The SMILES string of the molecule is CC(=O)c1ccccc1NC(=O)CSc1nnc(-c2ccc(F)cc2)n1Cc1ccccc1. The number of para-hydroxylation sites is 1. The molecular formula is C25H21FN4O2S. The minimum absolute atomic E-state index is 0.0859. The number of carbonyl (C=O) groups excluding carboxylic acids is 2. The fourth-order valence-corrected chi connectivity index (χ4v) is 4.07. The van der Waals surface area contributed by atoms with Gasteiger partial charge in [-0.25, -0.2) is 4.39 Å². The largest absolute Gasteiger partial charge is 0.325 e. The Morgan fingerprint density at radius 1 is 0.939 bits per heavy atom. The third-order valence-electron chi connectivity index (χ3n) is 4.92. The van der Waals surface area contributed by atoms with Gasteiger partial charge in [-0.3, -0.25) is 14.2 Å². The predicted octanol–water partition coefficient (Wildman–Crippen LogP) is 5.07. The zero-order valence-corrected chi connectivity index (χ0v) is 18.7. The number of ketones is 1. The third kappa shape index (κ3) is 5.53. The van der Waals surface area contributed by atoms with E-state index >= 15 is 0 Å². The summed E-state index contributed by atoms with van der Waals surface area (Å²) in [6.45, 7) is 1.96. The minimum atomic E-state index is -0.329. The molecule has 166 valence electrons. The molecule has 1 N–H and O–H groups in total. The van der Waals surface area contributed by atoms with Crippen molar-refractivity contribution in [2.45, 2.75) is 18.6 Å². The summed E-state index contributed by atoms with van der Waals surface area (Å²) in [4.78, 5) is 24.4. The van der Waals surface area contributed by atoms with E-state index in [1.807, 2.05) is 34.9 Å². The molecule has 0 saturated heterocycles. The number of hydrogen-bond acceptors (Lipinski definition) is 5. The molecule has 0 aliphatic rings. The van der Waals surface area contributed by atoms with Gasteiger partial charge in [0.05, 0.1) is 18.0 Å². The van der Waals surface area contributed by atoms with Gasteiger partial charge in [-0.2, -0.15) is 0 Å². The number of nitrogens with one attached hydrogen (secondary N) is 1. The lowest BCUT2D eigenvalue weighted by Gasteiger charge is -2.11. The topological polar surface area (TPSA) is 76.9 Å². The molecule has 1 aromatic heterocycles. The molecule has 33 heavy (non-hydrogen) atoms. The molecule has 4 rings (SSSR count). The number of nitrogens with zero attached hydrogens (tertiary/aromatic N) is 3. The van der Waals surface area contributed by atoms with Gasteiger partial charge in [0, 0.05) is 11.1 Å². The Morgan fingerprint density at radius 2 is 1.64 bits per heavy atom. The average Bonchev–Trinajstić information content (AvgIpc) is 3.21. The first-order valence-electron chi connectivity index (χ1n) is 10.3. The van der Waals surface area contributed by atoms with E-state index in [9.17, 15) is 14.0 Å². The van der Waals surface area contributed by atoms with Gasteiger partial charge in [-0.1, -0.05) is 54.2 Å². The van der Waals surface area contributed by atoms with Crippen LogP contribution in [0, 0.1) is 5.82 Å². The number of anilines is 1. The lowest BCUT2D eigenvalue weighted by Crippen LogP contribution is -2.16. The molecule has 4 aromatic rings.